The van der Waals surface area contributed by atoms with Gasteiger partial charge in [0.25, 0.3) is 5.56 Å². The Hall–Kier alpha value is -2.21. The van der Waals surface area contributed by atoms with Crippen LogP contribution in [0.25, 0.3) is 0 Å². The fraction of sp³-hybridized carbons (Fsp3) is 0.214. The van der Waals surface area contributed by atoms with E-state index in [1.54, 1.807) is 19.2 Å². The van der Waals surface area contributed by atoms with Crippen molar-refractivity contribution in [2.24, 2.45) is 5.73 Å². The first-order valence-electron chi connectivity index (χ1n) is 6.03. The number of hydrogen-bond donors (Lipinski definition) is 1. The first kappa shape index (κ1) is 14.2. The van der Waals surface area contributed by atoms with Gasteiger partial charge in [-0.25, -0.2) is 4.68 Å². The van der Waals surface area contributed by atoms with Gasteiger partial charge in [-0.3, -0.25) is 4.79 Å². The van der Waals surface area contributed by atoms with Crippen LogP contribution in [0.2, 0.25) is 0 Å². The van der Waals surface area contributed by atoms with E-state index in [0.717, 1.165) is 11.3 Å². The van der Waals surface area contributed by atoms with Crippen molar-refractivity contribution in [3.63, 3.8) is 0 Å². The maximum absolute atomic E-state index is 11.7. The van der Waals surface area contributed by atoms with Crippen molar-refractivity contribution in [2.45, 2.75) is 13.5 Å². The summed E-state index contributed by atoms with van der Waals surface area (Å²) in [6, 6.07) is 8.65. The largest absolute Gasteiger partial charge is 0.496 e. The van der Waals surface area contributed by atoms with Crippen LogP contribution in [0.15, 0.2) is 35.1 Å². The van der Waals surface area contributed by atoms with Crippen LogP contribution in [-0.2, 0) is 6.54 Å². The highest BCUT2D eigenvalue weighted by molar-refractivity contribution is 7.80. The molecule has 0 radical (unpaired) electrons. The van der Waals surface area contributed by atoms with E-state index >= 15 is 0 Å². The average Bonchev–Trinajstić information content (AvgIpc) is 2.42. The van der Waals surface area contributed by atoms with Crippen molar-refractivity contribution < 1.29 is 4.74 Å². The smallest absolute Gasteiger partial charge is 0.267 e. The van der Waals surface area contributed by atoms with Crippen molar-refractivity contribution in [3.8, 4) is 5.75 Å². The molecule has 104 valence electrons. The van der Waals surface area contributed by atoms with Crippen molar-refractivity contribution in [1.82, 2.24) is 9.78 Å². The van der Waals surface area contributed by atoms with Crippen LogP contribution in [0.4, 0.5) is 0 Å². The van der Waals surface area contributed by atoms with E-state index in [9.17, 15) is 4.79 Å². The van der Waals surface area contributed by atoms with Crippen LogP contribution in [-0.4, -0.2) is 21.9 Å². The molecule has 0 saturated carbocycles. The number of nitrogens with zero attached hydrogens (tertiary/aromatic N) is 2. The molecule has 0 bridgehead atoms. The van der Waals surface area contributed by atoms with Gasteiger partial charge >= 0.3 is 0 Å². The molecule has 1 aromatic carbocycles. The van der Waals surface area contributed by atoms with Gasteiger partial charge in [0, 0.05) is 6.07 Å². The van der Waals surface area contributed by atoms with Crippen molar-refractivity contribution in [2.75, 3.05) is 7.11 Å². The van der Waals surface area contributed by atoms with Crippen molar-refractivity contribution in [1.29, 1.82) is 0 Å². The van der Waals surface area contributed by atoms with E-state index in [1.165, 1.54) is 10.7 Å². The number of hydrogen-bond acceptors (Lipinski definition) is 4. The molecule has 6 heteroatoms. The third kappa shape index (κ3) is 3.03. The van der Waals surface area contributed by atoms with Crippen LogP contribution in [0.1, 0.15) is 16.8 Å². The third-order valence-electron chi connectivity index (χ3n) is 2.86. The summed E-state index contributed by atoms with van der Waals surface area (Å²) >= 11 is 4.96. The first-order chi connectivity index (χ1) is 9.51. The summed E-state index contributed by atoms with van der Waals surface area (Å²) in [5.74, 6) is 0.593. The van der Waals surface area contributed by atoms with Crippen LogP contribution in [0.5, 0.6) is 5.75 Å². The summed E-state index contributed by atoms with van der Waals surface area (Å²) < 4.78 is 6.67. The fourth-order valence-corrected chi connectivity index (χ4v) is 2.04. The highest BCUT2D eigenvalue weighted by atomic mass is 32.1. The van der Waals surface area contributed by atoms with Crippen LogP contribution in [0.3, 0.4) is 0 Å². The van der Waals surface area contributed by atoms with E-state index in [1.807, 2.05) is 19.1 Å². The van der Waals surface area contributed by atoms with Gasteiger partial charge in [0.2, 0.25) is 0 Å². The fourth-order valence-electron chi connectivity index (χ4n) is 1.87. The second-order valence-electron chi connectivity index (χ2n) is 4.37. The summed E-state index contributed by atoms with van der Waals surface area (Å²) in [4.78, 5) is 12.0. The van der Waals surface area contributed by atoms with E-state index in [-0.39, 0.29) is 10.5 Å². The zero-order valence-electron chi connectivity index (χ0n) is 11.3. The summed E-state index contributed by atoms with van der Waals surface area (Å²) in [5, 5.41) is 4.19. The lowest BCUT2D eigenvalue weighted by Crippen LogP contribution is -2.23. The minimum atomic E-state index is -0.145. The van der Waals surface area contributed by atoms with Gasteiger partial charge in [0.1, 0.15) is 10.7 Å². The number of benzene rings is 1. The van der Waals surface area contributed by atoms with Gasteiger partial charge < -0.3 is 10.5 Å². The molecule has 2 N–H and O–H groups in total. The Labute approximate surface area is 122 Å². The third-order valence-corrected chi connectivity index (χ3v) is 3.08. The Morgan fingerprint density at radius 3 is 2.80 bits per heavy atom. The monoisotopic (exact) mass is 289 g/mol. The lowest BCUT2D eigenvalue weighted by Gasteiger charge is -2.10. The maximum Gasteiger partial charge on any atom is 0.267 e. The summed E-state index contributed by atoms with van der Waals surface area (Å²) in [6.07, 6.45) is 0. The van der Waals surface area contributed by atoms with Gasteiger partial charge in [0.05, 0.1) is 24.9 Å². The number of ether oxygens (including phenoxy) is 1. The quantitative estimate of drug-likeness (QED) is 0.858. The molecular formula is C14H15N3O2S. The van der Waals surface area contributed by atoms with Gasteiger partial charge in [-0.1, -0.05) is 18.3 Å². The van der Waals surface area contributed by atoms with Crippen LogP contribution < -0.4 is 16.0 Å². The minimum absolute atomic E-state index is 0.145. The molecule has 0 saturated heterocycles. The molecule has 0 aliphatic carbocycles. The number of thiocarbonyl (C=S) groups is 1. The molecule has 0 aliphatic heterocycles. The van der Waals surface area contributed by atoms with E-state index in [0.29, 0.717) is 17.9 Å². The predicted octanol–water partition coefficient (Wildman–Crippen LogP) is 1.24. The van der Waals surface area contributed by atoms with Gasteiger partial charge in [-0.05, 0) is 30.7 Å². The van der Waals surface area contributed by atoms with E-state index in [2.05, 4.69) is 5.10 Å². The molecule has 0 unspecified atom stereocenters. The normalized spacial score (nSPS) is 10.3. The van der Waals surface area contributed by atoms with E-state index in [4.69, 9.17) is 22.7 Å². The SMILES string of the molecule is COc1cc(Cn2nc(C)ccc2=O)ccc1C(N)=S. The molecule has 0 spiro atoms. The van der Waals surface area contributed by atoms with Gasteiger partial charge in [-0.2, -0.15) is 5.10 Å². The minimum Gasteiger partial charge on any atom is -0.496 e. The second-order valence-corrected chi connectivity index (χ2v) is 4.81. The summed E-state index contributed by atoms with van der Waals surface area (Å²) in [7, 11) is 1.55. The maximum atomic E-state index is 11.7. The molecule has 0 aliphatic rings. The zero-order chi connectivity index (χ0) is 14.7. The molecule has 0 amide bonds. The Morgan fingerprint density at radius 2 is 2.15 bits per heavy atom. The van der Waals surface area contributed by atoms with Crippen LogP contribution >= 0.6 is 12.2 Å². The van der Waals surface area contributed by atoms with Gasteiger partial charge in [-0.15, -0.1) is 0 Å². The zero-order valence-corrected chi connectivity index (χ0v) is 12.1. The molecule has 1 heterocycles. The number of methoxy groups -OCH3 is 1. The molecule has 2 aromatic rings. The average molecular weight is 289 g/mol. The highest BCUT2D eigenvalue weighted by Crippen LogP contribution is 2.20. The van der Waals surface area contributed by atoms with E-state index < -0.39 is 0 Å². The molecule has 20 heavy (non-hydrogen) atoms. The highest BCUT2D eigenvalue weighted by Gasteiger charge is 2.08. The topological polar surface area (TPSA) is 70.1 Å². The second kappa shape index (κ2) is 5.83. The Morgan fingerprint density at radius 1 is 1.40 bits per heavy atom. The Bertz CT molecular complexity index is 710. The Kier molecular flexibility index (Phi) is 4.14. The molecule has 2 rings (SSSR count). The lowest BCUT2D eigenvalue weighted by molar-refractivity contribution is 0.413. The Balaban J connectivity index is 2.37. The number of rotatable bonds is 4. The first-order valence-corrected chi connectivity index (χ1v) is 6.43. The van der Waals surface area contributed by atoms with Gasteiger partial charge in [0.15, 0.2) is 0 Å². The number of aromatic nitrogens is 2. The molecule has 0 fully saturated rings. The van der Waals surface area contributed by atoms with Crippen molar-refractivity contribution >= 4 is 17.2 Å². The number of aryl methyl sites for hydroxylation is 1. The predicted molar refractivity (Wildman–Crippen MR) is 81.2 cm³/mol. The lowest BCUT2D eigenvalue weighted by atomic mass is 10.1. The molecular weight excluding hydrogens is 274 g/mol. The summed E-state index contributed by atoms with van der Waals surface area (Å²) in [6.45, 7) is 2.21. The standard InChI is InChI=1S/C14H15N3O2S/c1-9-3-6-13(18)17(16-9)8-10-4-5-11(14(15)20)12(7-10)19-2/h3-7H,8H2,1-2H3,(H2,15,20). The van der Waals surface area contributed by atoms with Crippen molar-refractivity contribution in [3.05, 3.63) is 57.5 Å². The molecule has 0 atom stereocenters. The summed E-state index contributed by atoms with van der Waals surface area (Å²) in [5.41, 5.74) is 7.83. The van der Waals surface area contributed by atoms with Crippen LogP contribution in [0, 0.1) is 6.92 Å². The number of nitrogens with two attached hydrogens (primary N) is 1. The molecule has 5 nitrogen and oxygen atoms in total. The molecule has 1 aromatic heterocycles.